The Bertz CT molecular complexity index is 458. The molecule has 0 spiro atoms. The summed E-state index contributed by atoms with van der Waals surface area (Å²) >= 11 is 7.76. The van der Waals surface area contributed by atoms with E-state index in [4.69, 9.17) is 11.6 Å². The van der Waals surface area contributed by atoms with Gasteiger partial charge in [-0.2, -0.15) is 11.8 Å². The molecule has 5 heteroatoms. The van der Waals surface area contributed by atoms with Gasteiger partial charge in [0.25, 0.3) is 0 Å². The highest BCUT2D eigenvalue weighted by molar-refractivity contribution is 7.98. The number of likely N-dealkylation sites (tertiary alicyclic amines) is 1. The maximum atomic E-state index is 12.0. The molecule has 0 aromatic heterocycles. The largest absolute Gasteiger partial charge is 0.356 e. The average molecular weight is 341 g/mol. The number of carbonyl (C=O) groups is 1. The fourth-order valence-electron chi connectivity index (χ4n) is 2.57. The molecule has 1 aromatic carbocycles. The zero-order valence-corrected chi connectivity index (χ0v) is 14.8. The molecule has 1 heterocycles. The number of nitrogens with zero attached hydrogens (tertiary/aromatic N) is 1. The van der Waals surface area contributed by atoms with Gasteiger partial charge in [-0.25, -0.2) is 0 Å². The standard InChI is InChI=1S/C17H25ClN2OS/c1-20-10-7-15(8-11-20)17(21)19-9-2-12-22-13-14-3-5-16(18)6-4-14/h3-6,15H,2,7-13H2,1H3,(H,19,21). The van der Waals surface area contributed by atoms with Gasteiger partial charge in [-0.1, -0.05) is 23.7 Å². The molecule has 0 bridgehead atoms. The molecule has 0 unspecified atom stereocenters. The Balaban J connectivity index is 1.52. The second kappa shape index (κ2) is 9.43. The molecule has 1 amide bonds. The lowest BCUT2D eigenvalue weighted by atomic mass is 9.96. The minimum atomic E-state index is 0.220. The van der Waals surface area contributed by atoms with Gasteiger partial charge in [-0.15, -0.1) is 0 Å². The molecule has 1 saturated heterocycles. The first-order valence-corrected chi connectivity index (χ1v) is 9.47. The predicted octanol–water partition coefficient (Wildman–Crippen LogP) is 3.42. The molecule has 2 rings (SSSR count). The van der Waals surface area contributed by atoms with Gasteiger partial charge in [-0.05, 0) is 62.8 Å². The number of hydrogen-bond donors (Lipinski definition) is 1. The van der Waals surface area contributed by atoms with E-state index in [1.807, 2.05) is 23.9 Å². The van der Waals surface area contributed by atoms with Crippen LogP contribution in [0.5, 0.6) is 0 Å². The number of carbonyl (C=O) groups excluding carboxylic acids is 1. The van der Waals surface area contributed by atoms with Crippen molar-refractivity contribution in [2.75, 3.05) is 32.4 Å². The van der Waals surface area contributed by atoms with Crippen LogP contribution in [0, 0.1) is 5.92 Å². The Hall–Kier alpha value is -0.710. The summed E-state index contributed by atoms with van der Waals surface area (Å²) in [4.78, 5) is 14.3. The van der Waals surface area contributed by atoms with E-state index in [2.05, 4.69) is 29.4 Å². The van der Waals surface area contributed by atoms with Gasteiger partial charge >= 0.3 is 0 Å². The fraction of sp³-hybridized carbons (Fsp3) is 0.588. The maximum absolute atomic E-state index is 12.0. The predicted molar refractivity (Wildman–Crippen MR) is 95.5 cm³/mol. The van der Waals surface area contributed by atoms with E-state index in [1.54, 1.807) is 0 Å². The molecule has 3 nitrogen and oxygen atoms in total. The topological polar surface area (TPSA) is 32.3 Å². The van der Waals surface area contributed by atoms with E-state index >= 15 is 0 Å². The van der Waals surface area contributed by atoms with Crippen LogP contribution in [0.2, 0.25) is 5.02 Å². The van der Waals surface area contributed by atoms with E-state index in [-0.39, 0.29) is 11.8 Å². The first-order chi connectivity index (χ1) is 10.6. The van der Waals surface area contributed by atoms with Crippen molar-refractivity contribution in [1.82, 2.24) is 10.2 Å². The lowest BCUT2D eigenvalue weighted by molar-refractivity contribution is -0.126. The smallest absolute Gasteiger partial charge is 0.223 e. The summed E-state index contributed by atoms with van der Waals surface area (Å²) in [6.45, 7) is 2.86. The van der Waals surface area contributed by atoms with Crippen molar-refractivity contribution in [3.63, 3.8) is 0 Å². The Kier molecular flexibility index (Phi) is 7.56. The third kappa shape index (κ3) is 6.19. The highest BCUT2D eigenvalue weighted by atomic mass is 35.5. The van der Waals surface area contributed by atoms with E-state index in [0.29, 0.717) is 0 Å². The molecule has 1 N–H and O–H groups in total. The third-order valence-electron chi connectivity index (χ3n) is 4.04. The number of halogens is 1. The zero-order chi connectivity index (χ0) is 15.8. The summed E-state index contributed by atoms with van der Waals surface area (Å²) < 4.78 is 0. The summed E-state index contributed by atoms with van der Waals surface area (Å²) in [5.74, 6) is 2.53. The molecular formula is C17H25ClN2OS. The minimum Gasteiger partial charge on any atom is -0.356 e. The second-order valence-electron chi connectivity index (χ2n) is 5.90. The molecule has 1 fully saturated rings. The van der Waals surface area contributed by atoms with Gasteiger partial charge in [0.1, 0.15) is 0 Å². The number of rotatable bonds is 7. The fourth-order valence-corrected chi connectivity index (χ4v) is 3.62. The first-order valence-electron chi connectivity index (χ1n) is 7.93. The highest BCUT2D eigenvalue weighted by Crippen LogP contribution is 2.17. The molecule has 0 atom stereocenters. The van der Waals surface area contributed by atoms with Gasteiger partial charge in [0.2, 0.25) is 5.91 Å². The lowest BCUT2D eigenvalue weighted by Gasteiger charge is -2.28. The number of hydrogen-bond acceptors (Lipinski definition) is 3. The van der Waals surface area contributed by atoms with E-state index in [9.17, 15) is 4.79 Å². The third-order valence-corrected chi connectivity index (χ3v) is 5.40. The highest BCUT2D eigenvalue weighted by Gasteiger charge is 2.22. The quantitative estimate of drug-likeness (QED) is 0.772. The number of piperidine rings is 1. The average Bonchev–Trinajstić information content (AvgIpc) is 2.53. The van der Waals surface area contributed by atoms with Crippen LogP contribution in [0.15, 0.2) is 24.3 Å². The molecule has 1 aliphatic rings. The van der Waals surface area contributed by atoms with Crippen LogP contribution in [0.4, 0.5) is 0 Å². The van der Waals surface area contributed by atoms with Crippen LogP contribution in [-0.2, 0) is 10.5 Å². The summed E-state index contributed by atoms with van der Waals surface area (Å²) in [7, 11) is 2.12. The molecule has 22 heavy (non-hydrogen) atoms. The van der Waals surface area contributed by atoms with Gasteiger partial charge in [0.05, 0.1) is 0 Å². The van der Waals surface area contributed by atoms with Crippen molar-refractivity contribution in [2.45, 2.75) is 25.0 Å². The molecule has 1 aromatic rings. The SMILES string of the molecule is CN1CCC(C(=O)NCCCSCc2ccc(Cl)cc2)CC1. The monoisotopic (exact) mass is 340 g/mol. The Morgan fingerprint density at radius 3 is 2.68 bits per heavy atom. The van der Waals surface area contributed by atoms with Gasteiger partial charge in [-0.3, -0.25) is 4.79 Å². The summed E-state index contributed by atoms with van der Waals surface area (Å²) in [6, 6.07) is 7.99. The normalized spacial score (nSPS) is 16.6. The van der Waals surface area contributed by atoms with Crippen LogP contribution < -0.4 is 5.32 Å². The summed E-state index contributed by atoms with van der Waals surface area (Å²) in [5, 5.41) is 3.87. The summed E-state index contributed by atoms with van der Waals surface area (Å²) in [6.07, 6.45) is 3.01. The second-order valence-corrected chi connectivity index (χ2v) is 7.44. The van der Waals surface area contributed by atoms with Crippen molar-refractivity contribution in [2.24, 2.45) is 5.92 Å². The van der Waals surface area contributed by atoms with Crippen molar-refractivity contribution in [3.8, 4) is 0 Å². The molecule has 0 saturated carbocycles. The Labute approximate surface area is 142 Å². The maximum Gasteiger partial charge on any atom is 0.223 e. The molecule has 1 aliphatic heterocycles. The Morgan fingerprint density at radius 1 is 1.32 bits per heavy atom. The van der Waals surface area contributed by atoms with Gasteiger partial charge < -0.3 is 10.2 Å². The van der Waals surface area contributed by atoms with Crippen LogP contribution in [0.25, 0.3) is 0 Å². The number of amides is 1. The van der Waals surface area contributed by atoms with Crippen LogP contribution >= 0.6 is 23.4 Å². The first kappa shape index (κ1) is 17.6. The molecule has 0 radical (unpaired) electrons. The Morgan fingerprint density at radius 2 is 2.00 bits per heavy atom. The lowest BCUT2D eigenvalue weighted by Crippen LogP contribution is -2.39. The van der Waals surface area contributed by atoms with E-state index in [0.717, 1.165) is 55.4 Å². The molecular weight excluding hydrogens is 316 g/mol. The molecule has 0 aliphatic carbocycles. The van der Waals surface area contributed by atoms with Crippen molar-refractivity contribution in [1.29, 1.82) is 0 Å². The van der Waals surface area contributed by atoms with Crippen molar-refractivity contribution in [3.05, 3.63) is 34.9 Å². The number of thioether (sulfide) groups is 1. The van der Waals surface area contributed by atoms with Crippen LogP contribution in [-0.4, -0.2) is 43.2 Å². The zero-order valence-electron chi connectivity index (χ0n) is 13.2. The number of benzene rings is 1. The van der Waals surface area contributed by atoms with Crippen molar-refractivity contribution < 1.29 is 4.79 Å². The van der Waals surface area contributed by atoms with E-state index in [1.165, 1.54) is 5.56 Å². The van der Waals surface area contributed by atoms with Crippen LogP contribution in [0.1, 0.15) is 24.8 Å². The van der Waals surface area contributed by atoms with Crippen LogP contribution in [0.3, 0.4) is 0 Å². The van der Waals surface area contributed by atoms with Gasteiger partial charge in [0.15, 0.2) is 0 Å². The van der Waals surface area contributed by atoms with Crippen molar-refractivity contribution >= 4 is 29.3 Å². The molecule has 122 valence electrons. The summed E-state index contributed by atoms with van der Waals surface area (Å²) in [5.41, 5.74) is 1.30. The van der Waals surface area contributed by atoms with Gasteiger partial charge in [0, 0.05) is 23.2 Å². The minimum absolute atomic E-state index is 0.220. The van der Waals surface area contributed by atoms with E-state index < -0.39 is 0 Å². The number of nitrogens with one attached hydrogen (secondary N) is 1.